The van der Waals surface area contributed by atoms with E-state index in [9.17, 15) is 8.42 Å². The molecule has 0 spiro atoms. The lowest BCUT2D eigenvalue weighted by Crippen LogP contribution is -2.55. The molecule has 108 valence electrons. The van der Waals surface area contributed by atoms with Gasteiger partial charge in [0.1, 0.15) is 6.10 Å². The van der Waals surface area contributed by atoms with E-state index in [1.165, 1.54) is 7.11 Å². The van der Waals surface area contributed by atoms with E-state index in [1.54, 1.807) is 7.11 Å². The van der Waals surface area contributed by atoms with Crippen LogP contribution in [0, 0.1) is 5.92 Å². The fourth-order valence-corrected chi connectivity index (χ4v) is 2.75. The zero-order valence-corrected chi connectivity index (χ0v) is 11.7. The van der Waals surface area contributed by atoms with Crippen LogP contribution in [0.1, 0.15) is 13.8 Å². The highest BCUT2D eigenvalue weighted by atomic mass is 32.3. The fourth-order valence-electron chi connectivity index (χ4n) is 2.44. The maximum absolute atomic E-state index is 10.6. The molecule has 0 aromatic carbocycles. The fraction of sp³-hybridized carbons (Fsp3) is 1.00. The van der Waals surface area contributed by atoms with Crippen molar-refractivity contribution in [2.24, 2.45) is 5.92 Å². The third-order valence-electron chi connectivity index (χ3n) is 3.18. The van der Waals surface area contributed by atoms with E-state index in [0.717, 1.165) is 0 Å². The molecule has 1 heterocycles. The Morgan fingerprint density at radius 2 is 1.72 bits per heavy atom. The van der Waals surface area contributed by atoms with E-state index in [0.29, 0.717) is 0 Å². The lowest BCUT2D eigenvalue weighted by molar-refractivity contribution is -0.212. The number of hydrogen-bond acceptors (Lipinski definition) is 6. The summed E-state index contributed by atoms with van der Waals surface area (Å²) in [7, 11) is -1.38. The molecule has 0 amide bonds. The Bertz CT molecular complexity index is 355. The van der Waals surface area contributed by atoms with E-state index in [1.807, 2.05) is 13.8 Å². The Balaban J connectivity index is 2.73. The average Bonchev–Trinajstić information content (AvgIpc) is 2.25. The minimum atomic E-state index is -4.48. The molecule has 0 aromatic heterocycles. The van der Waals surface area contributed by atoms with Gasteiger partial charge in [-0.1, -0.05) is 6.92 Å². The van der Waals surface area contributed by atoms with Gasteiger partial charge in [0, 0.05) is 20.1 Å². The van der Waals surface area contributed by atoms with Gasteiger partial charge in [-0.3, -0.25) is 4.55 Å². The Hall–Kier alpha value is -0.250. The second kappa shape index (κ2) is 6.27. The van der Waals surface area contributed by atoms with Gasteiger partial charge >= 0.3 is 10.4 Å². The minimum absolute atomic E-state index is 0.0127. The van der Waals surface area contributed by atoms with Gasteiger partial charge in [-0.05, 0) is 6.92 Å². The highest BCUT2D eigenvalue weighted by molar-refractivity contribution is 7.80. The van der Waals surface area contributed by atoms with E-state index < -0.39 is 16.5 Å². The van der Waals surface area contributed by atoms with E-state index in [4.69, 9.17) is 18.8 Å². The van der Waals surface area contributed by atoms with Crippen molar-refractivity contribution in [2.45, 2.75) is 38.3 Å². The van der Waals surface area contributed by atoms with Crippen LogP contribution in [0.25, 0.3) is 0 Å². The third kappa shape index (κ3) is 3.87. The van der Waals surface area contributed by atoms with Crippen molar-refractivity contribution in [3.8, 4) is 0 Å². The number of ether oxygens (including phenoxy) is 3. The average molecular weight is 284 g/mol. The van der Waals surface area contributed by atoms with Crippen LogP contribution in [-0.2, 0) is 28.8 Å². The predicted octanol–water partition coefficient (Wildman–Crippen LogP) is 0.259. The van der Waals surface area contributed by atoms with Crippen molar-refractivity contribution in [2.75, 3.05) is 20.8 Å². The summed E-state index contributed by atoms with van der Waals surface area (Å²) in [4.78, 5) is 0. The highest BCUT2D eigenvalue weighted by Crippen LogP contribution is 2.29. The number of methoxy groups -OCH3 is 2. The van der Waals surface area contributed by atoms with Crippen LogP contribution in [0.5, 0.6) is 0 Å². The van der Waals surface area contributed by atoms with Crippen LogP contribution in [0.3, 0.4) is 0 Å². The van der Waals surface area contributed by atoms with Gasteiger partial charge < -0.3 is 14.2 Å². The summed E-state index contributed by atoms with van der Waals surface area (Å²) in [6.07, 6.45) is -1.30. The number of rotatable bonds is 5. The van der Waals surface area contributed by atoms with E-state index >= 15 is 0 Å². The van der Waals surface area contributed by atoms with Gasteiger partial charge in [0.25, 0.3) is 0 Å². The smallest absolute Gasteiger partial charge is 0.378 e. The molecule has 1 rings (SSSR count). The molecule has 18 heavy (non-hydrogen) atoms. The van der Waals surface area contributed by atoms with Crippen molar-refractivity contribution in [1.29, 1.82) is 0 Å². The molecule has 2 unspecified atom stereocenters. The summed E-state index contributed by atoms with van der Waals surface area (Å²) in [6.45, 7) is 3.47. The lowest BCUT2D eigenvalue weighted by Gasteiger charge is -2.43. The molecule has 0 saturated carbocycles. The normalized spacial score (nSPS) is 37.7. The van der Waals surface area contributed by atoms with Crippen LogP contribution in [0.2, 0.25) is 0 Å². The molecule has 1 saturated heterocycles. The zero-order valence-electron chi connectivity index (χ0n) is 10.9. The second-order valence-electron chi connectivity index (χ2n) is 4.35. The highest BCUT2D eigenvalue weighted by Gasteiger charge is 2.42. The first-order chi connectivity index (χ1) is 8.30. The van der Waals surface area contributed by atoms with Gasteiger partial charge in [-0.2, -0.15) is 8.42 Å². The summed E-state index contributed by atoms with van der Waals surface area (Å²) in [5.74, 6) is 0.0127. The molecule has 1 fully saturated rings. The Labute approximate surface area is 107 Å². The first-order valence-corrected chi connectivity index (χ1v) is 6.99. The van der Waals surface area contributed by atoms with Gasteiger partial charge in [0.15, 0.2) is 0 Å². The molecule has 1 aliphatic heterocycles. The quantitative estimate of drug-likeness (QED) is 0.724. The van der Waals surface area contributed by atoms with E-state index in [-0.39, 0.29) is 30.8 Å². The van der Waals surface area contributed by atoms with Crippen LogP contribution < -0.4 is 0 Å². The van der Waals surface area contributed by atoms with Gasteiger partial charge in [-0.15, -0.1) is 0 Å². The van der Waals surface area contributed by atoms with Gasteiger partial charge in [0.2, 0.25) is 0 Å². The molecule has 0 aliphatic carbocycles. The molecule has 1 N–H and O–H groups in total. The van der Waals surface area contributed by atoms with Gasteiger partial charge in [0.05, 0.1) is 24.9 Å². The van der Waals surface area contributed by atoms with Crippen molar-refractivity contribution in [3.05, 3.63) is 0 Å². The third-order valence-corrected chi connectivity index (χ3v) is 3.61. The molecular formula is C10H20O7S. The summed E-state index contributed by atoms with van der Waals surface area (Å²) < 4.78 is 50.3. The van der Waals surface area contributed by atoms with Crippen molar-refractivity contribution >= 4 is 10.4 Å². The molecule has 0 bridgehead atoms. The lowest BCUT2D eigenvalue weighted by atomic mass is 9.88. The topological polar surface area (TPSA) is 91.3 Å². The second-order valence-corrected chi connectivity index (χ2v) is 5.44. The molecular weight excluding hydrogens is 264 g/mol. The first kappa shape index (κ1) is 15.8. The summed E-state index contributed by atoms with van der Waals surface area (Å²) >= 11 is 0. The molecule has 7 nitrogen and oxygen atoms in total. The van der Waals surface area contributed by atoms with E-state index in [2.05, 4.69) is 4.18 Å². The van der Waals surface area contributed by atoms with Crippen LogP contribution in [0.4, 0.5) is 0 Å². The minimum Gasteiger partial charge on any atom is -0.378 e. The Kier molecular flexibility index (Phi) is 5.50. The Morgan fingerprint density at radius 3 is 2.17 bits per heavy atom. The van der Waals surface area contributed by atoms with Crippen molar-refractivity contribution in [1.82, 2.24) is 0 Å². The molecule has 5 atom stereocenters. The van der Waals surface area contributed by atoms with Gasteiger partial charge in [-0.25, -0.2) is 4.18 Å². The maximum Gasteiger partial charge on any atom is 0.397 e. The van der Waals surface area contributed by atoms with Crippen LogP contribution in [0.15, 0.2) is 0 Å². The maximum atomic E-state index is 10.6. The largest absolute Gasteiger partial charge is 0.397 e. The van der Waals surface area contributed by atoms with Crippen molar-refractivity contribution < 1.29 is 31.4 Å². The number of hydrogen-bond donors (Lipinski definition) is 1. The van der Waals surface area contributed by atoms with Crippen molar-refractivity contribution in [3.63, 3.8) is 0 Å². The molecule has 0 radical (unpaired) electrons. The summed E-state index contributed by atoms with van der Waals surface area (Å²) in [6, 6.07) is 0. The predicted molar refractivity (Wildman–Crippen MR) is 62.6 cm³/mol. The standard InChI is InChI=1S/C10H20O7S/c1-6-9(14-3)7(2)17-8(10(6)15-4)5-16-18(11,12)13/h6-10H,5H2,1-4H3,(H,11,12,13)/t6?,7-,8+,9?,10+/m1/s1. The molecule has 0 aromatic rings. The van der Waals surface area contributed by atoms with Crippen LogP contribution >= 0.6 is 0 Å². The monoisotopic (exact) mass is 284 g/mol. The van der Waals surface area contributed by atoms with Crippen LogP contribution in [-0.4, -0.2) is 58.2 Å². The Morgan fingerprint density at radius 1 is 1.17 bits per heavy atom. The summed E-state index contributed by atoms with van der Waals surface area (Å²) in [5.41, 5.74) is 0. The first-order valence-electron chi connectivity index (χ1n) is 5.63. The molecule has 8 heteroatoms. The molecule has 1 aliphatic rings. The SMILES string of the molecule is COC1C(C)[C@H](OC)[C@H](COS(=O)(=O)O)O[C@@H]1C. The zero-order chi connectivity index (χ0) is 13.9. The summed E-state index contributed by atoms with van der Waals surface area (Å²) in [5, 5.41) is 0.